The van der Waals surface area contributed by atoms with E-state index < -0.39 is 21.5 Å². The zero-order valence-electron chi connectivity index (χ0n) is 11.2. The van der Waals surface area contributed by atoms with E-state index in [0.717, 1.165) is 0 Å². The fraction of sp³-hybridized carbons (Fsp3) is 0.909. The van der Waals surface area contributed by atoms with Gasteiger partial charge in [0.1, 0.15) is 0 Å². The van der Waals surface area contributed by atoms with Crippen molar-refractivity contribution in [2.75, 3.05) is 5.75 Å². The van der Waals surface area contributed by atoms with Gasteiger partial charge in [-0.15, -0.1) is 0 Å². The highest BCUT2D eigenvalue weighted by Gasteiger charge is 2.29. The van der Waals surface area contributed by atoms with Crippen LogP contribution in [0.4, 0.5) is 0 Å². The van der Waals surface area contributed by atoms with Crippen molar-refractivity contribution in [1.82, 2.24) is 4.72 Å². The predicted molar refractivity (Wildman–Crippen MR) is 67.3 cm³/mol. The first kappa shape index (κ1) is 16.4. The monoisotopic (exact) mass is 265 g/mol. The molecule has 17 heavy (non-hydrogen) atoms. The molecular weight excluding hydrogens is 242 g/mol. The summed E-state index contributed by atoms with van der Waals surface area (Å²) in [7, 11) is -3.54. The van der Waals surface area contributed by atoms with E-state index in [9.17, 15) is 13.2 Å². The molecule has 0 saturated heterocycles. The fourth-order valence-electron chi connectivity index (χ4n) is 2.06. The quantitative estimate of drug-likeness (QED) is 0.764. The third-order valence-electron chi connectivity index (χ3n) is 1.99. The van der Waals surface area contributed by atoms with Crippen molar-refractivity contribution >= 4 is 16.0 Å². The Bertz CT molecular complexity index is 365. The molecule has 0 bridgehead atoms. The molecule has 0 amide bonds. The van der Waals surface area contributed by atoms with Crippen molar-refractivity contribution in [3.63, 3.8) is 0 Å². The topological polar surface area (TPSA) is 83.5 Å². The number of carboxylic acids is 1. The molecule has 0 aliphatic rings. The van der Waals surface area contributed by atoms with Crippen LogP contribution in [0, 0.1) is 5.41 Å². The molecule has 0 saturated carbocycles. The third-order valence-corrected chi connectivity index (χ3v) is 3.59. The van der Waals surface area contributed by atoms with Gasteiger partial charge in [-0.05, 0) is 25.7 Å². The van der Waals surface area contributed by atoms with Gasteiger partial charge < -0.3 is 5.11 Å². The van der Waals surface area contributed by atoms with Crippen LogP contribution >= 0.6 is 0 Å². The molecular formula is C11H23NO4S. The van der Waals surface area contributed by atoms with E-state index in [4.69, 9.17) is 5.11 Å². The zero-order valence-corrected chi connectivity index (χ0v) is 12.0. The van der Waals surface area contributed by atoms with Gasteiger partial charge in [-0.1, -0.05) is 20.8 Å². The van der Waals surface area contributed by atoms with Crippen LogP contribution in [-0.2, 0) is 14.8 Å². The summed E-state index contributed by atoms with van der Waals surface area (Å²) in [5.74, 6) is -1.49. The average molecular weight is 265 g/mol. The summed E-state index contributed by atoms with van der Waals surface area (Å²) in [6.07, 6.45) is 0.299. The highest BCUT2D eigenvalue weighted by atomic mass is 32.2. The first-order chi connectivity index (χ1) is 7.33. The number of rotatable bonds is 6. The van der Waals surface area contributed by atoms with Crippen molar-refractivity contribution < 1.29 is 18.3 Å². The van der Waals surface area contributed by atoms with Gasteiger partial charge in [0, 0.05) is 5.54 Å². The van der Waals surface area contributed by atoms with Crippen molar-refractivity contribution in [3.05, 3.63) is 0 Å². The van der Waals surface area contributed by atoms with Gasteiger partial charge in [0.2, 0.25) is 10.0 Å². The normalized spacial score (nSPS) is 13.7. The molecule has 0 rings (SSSR count). The minimum Gasteiger partial charge on any atom is -0.481 e. The molecule has 0 spiro atoms. The Morgan fingerprint density at radius 2 is 1.65 bits per heavy atom. The van der Waals surface area contributed by atoms with E-state index in [1.807, 2.05) is 20.8 Å². The minimum absolute atomic E-state index is 0.00117. The second-order valence-electron chi connectivity index (χ2n) is 6.19. The Balaban J connectivity index is 4.54. The maximum absolute atomic E-state index is 11.7. The SMILES string of the molecule is CC(C)(C)CC(C)(C)NS(=O)(=O)CCC(=O)O. The Morgan fingerprint density at radius 3 is 2.00 bits per heavy atom. The Kier molecular flexibility index (Phi) is 5.16. The molecule has 0 atom stereocenters. The third kappa shape index (κ3) is 9.12. The summed E-state index contributed by atoms with van der Waals surface area (Å²) in [5.41, 5.74) is -0.575. The molecule has 2 N–H and O–H groups in total. The molecule has 0 radical (unpaired) electrons. The number of hydrogen-bond donors (Lipinski definition) is 2. The number of carbonyl (C=O) groups is 1. The Hall–Kier alpha value is -0.620. The molecule has 0 aliphatic carbocycles. The van der Waals surface area contributed by atoms with Crippen LogP contribution in [0.15, 0.2) is 0 Å². The van der Waals surface area contributed by atoms with E-state index in [2.05, 4.69) is 4.72 Å². The number of aliphatic carboxylic acids is 1. The van der Waals surface area contributed by atoms with Crippen LogP contribution in [0.2, 0.25) is 0 Å². The molecule has 0 heterocycles. The molecule has 0 unspecified atom stereocenters. The summed E-state index contributed by atoms with van der Waals surface area (Å²) in [5, 5.41) is 8.47. The summed E-state index contributed by atoms with van der Waals surface area (Å²) in [6.45, 7) is 9.69. The van der Waals surface area contributed by atoms with Gasteiger partial charge in [0.05, 0.1) is 12.2 Å². The van der Waals surface area contributed by atoms with Crippen LogP contribution in [-0.4, -0.2) is 30.8 Å². The predicted octanol–water partition coefficient (Wildman–Crippen LogP) is 1.60. The van der Waals surface area contributed by atoms with Crippen LogP contribution in [0.5, 0.6) is 0 Å². The van der Waals surface area contributed by atoms with Crippen molar-refractivity contribution in [2.24, 2.45) is 5.41 Å². The summed E-state index contributed by atoms with van der Waals surface area (Å²) >= 11 is 0. The Morgan fingerprint density at radius 1 is 1.18 bits per heavy atom. The first-order valence-corrected chi connectivity index (χ1v) is 7.22. The fourth-order valence-corrected chi connectivity index (χ4v) is 3.52. The second-order valence-corrected chi connectivity index (χ2v) is 8.03. The molecule has 5 nitrogen and oxygen atoms in total. The maximum Gasteiger partial charge on any atom is 0.304 e. The highest BCUT2D eigenvalue weighted by molar-refractivity contribution is 7.89. The van der Waals surface area contributed by atoms with Gasteiger partial charge in [-0.2, -0.15) is 0 Å². The largest absolute Gasteiger partial charge is 0.481 e. The van der Waals surface area contributed by atoms with Crippen molar-refractivity contribution in [1.29, 1.82) is 0 Å². The summed E-state index contributed by atoms with van der Waals surface area (Å²) in [6, 6.07) is 0. The van der Waals surface area contributed by atoms with Gasteiger partial charge in [-0.3, -0.25) is 4.79 Å². The molecule has 0 aromatic carbocycles. The lowest BCUT2D eigenvalue weighted by molar-refractivity contribution is -0.136. The minimum atomic E-state index is -3.54. The molecule has 6 heteroatoms. The highest BCUT2D eigenvalue weighted by Crippen LogP contribution is 2.27. The number of carboxylic acid groups (broad SMARTS) is 1. The first-order valence-electron chi connectivity index (χ1n) is 5.56. The number of hydrogen-bond acceptors (Lipinski definition) is 3. The van der Waals surface area contributed by atoms with Crippen molar-refractivity contribution in [2.45, 2.75) is 53.0 Å². The van der Waals surface area contributed by atoms with E-state index in [0.29, 0.717) is 6.42 Å². The summed E-state index contributed by atoms with van der Waals surface area (Å²) in [4.78, 5) is 10.3. The molecule has 102 valence electrons. The average Bonchev–Trinajstić information content (AvgIpc) is 1.93. The standard InChI is InChI=1S/C11H23NO4S/c1-10(2,3)8-11(4,5)12-17(15,16)7-6-9(13)14/h12H,6-8H2,1-5H3,(H,13,14). The maximum atomic E-state index is 11.7. The van der Waals surface area contributed by atoms with Gasteiger partial charge in [0.15, 0.2) is 0 Å². The van der Waals surface area contributed by atoms with E-state index in [1.54, 1.807) is 13.8 Å². The number of nitrogens with one attached hydrogen (secondary N) is 1. The van der Waals surface area contributed by atoms with E-state index >= 15 is 0 Å². The van der Waals surface area contributed by atoms with Gasteiger partial charge in [0.25, 0.3) is 0 Å². The molecule has 0 aliphatic heterocycles. The van der Waals surface area contributed by atoms with Crippen LogP contribution < -0.4 is 4.72 Å². The molecule has 0 fully saturated rings. The van der Waals surface area contributed by atoms with Crippen LogP contribution in [0.3, 0.4) is 0 Å². The lowest BCUT2D eigenvalue weighted by atomic mass is 9.82. The van der Waals surface area contributed by atoms with Crippen LogP contribution in [0.1, 0.15) is 47.5 Å². The van der Waals surface area contributed by atoms with Gasteiger partial charge in [-0.25, -0.2) is 13.1 Å². The number of sulfonamides is 1. The second kappa shape index (κ2) is 5.35. The van der Waals surface area contributed by atoms with Gasteiger partial charge >= 0.3 is 5.97 Å². The van der Waals surface area contributed by atoms with Crippen LogP contribution in [0.25, 0.3) is 0 Å². The Labute approximate surface area is 104 Å². The lowest BCUT2D eigenvalue weighted by Crippen LogP contribution is -2.46. The summed E-state index contributed by atoms with van der Waals surface area (Å²) < 4.78 is 25.9. The lowest BCUT2D eigenvalue weighted by Gasteiger charge is -2.32. The van der Waals surface area contributed by atoms with E-state index in [1.165, 1.54) is 0 Å². The van der Waals surface area contributed by atoms with Crippen molar-refractivity contribution in [3.8, 4) is 0 Å². The van der Waals surface area contributed by atoms with E-state index in [-0.39, 0.29) is 17.6 Å². The molecule has 0 aromatic heterocycles. The smallest absolute Gasteiger partial charge is 0.304 e. The zero-order chi connectivity index (χ0) is 13.9. The molecule has 0 aromatic rings.